The third kappa shape index (κ3) is 3.37. The molecule has 1 aromatic carbocycles. The minimum Gasteiger partial charge on any atom is -0.497 e. The molecule has 0 amide bonds. The Labute approximate surface area is 108 Å². The van der Waals surface area contributed by atoms with Crippen molar-refractivity contribution in [3.63, 3.8) is 0 Å². The SMILES string of the molecule is COc1cccc(OCC(O)C2CCN(C)C2)c1. The molecular formula is C14H21NO3. The van der Waals surface area contributed by atoms with Gasteiger partial charge in [0.25, 0.3) is 0 Å². The van der Waals surface area contributed by atoms with Crippen LogP contribution >= 0.6 is 0 Å². The van der Waals surface area contributed by atoms with Crippen molar-refractivity contribution in [3.05, 3.63) is 24.3 Å². The van der Waals surface area contributed by atoms with Crippen LogP contribution in [-0.2, 0) is 0 Å². The largest absolute Gasteiger partial charge is 0.497 e. The van der Waals surface area contributed by atoms with Gasteiger partial charge in [0.05, 0.1) is 13.2 Å². The van der Waals surface area contributed by atoms with Crippen molar-refractivity contribution in [2.45, 2.75) is 12.5 Å². The molecule has 1 aliphatic rings. The van der Waals surface area contributed by atoms with Gasteiger partial charge in [-0.1, -0.05) is 6.07 Å². The van der Waals surface area contributed by atoms with Crippen LogP contribution in [-0.4, -0.2) is 50.0 Å². The van der Waals surface area contributed by atoms with Gasteiger partial charge in [-0.15, -0.1) is 0 Å². The van der Waals surface area contributed by atoms with Crippen LogP contribution in [0, 0.1) is 5.92 Å². The molecule has 0 radical (unpaired) electrons. The third-order valence-corrected chi connectivity index (χ3v) is 3.43. The number of aliphatic hydroxyl groups excluding tert-OH is 1. The van der Waals surface area contributed by atoms with Crippen LogP contribution in [0.1, 0.15) is 6.42 Å². The smallest absolute Gasteiger partial charge is 0.123 e. The lowest BCUT2D eigenvalue weighted by Crippen LogP contribution is -2.29. The molecule has 1 heterocycles. The van der Waals surface area contributed by atoms with Gasteiger partial charge in [0.2, 0.25) is 0 Å². The summed E-state index contributed by atoms with van der Waals surface area (Å²) in [6.45, 7) is 2.34. The van der Waals surface area contributed by atoms with Crippen LogP contribution in [0.2, 0.25) is 0 Å². The fourth-order valence-electron chi connectivity index (χ4n) is 2.29. The first-order valence-corrected chi connectivity index (χ1v) is 6.32. The van der Waals surface area contributed by atoms with Crippen molar-refractivity contribution >= 4 is 0 Å². The van der Waals surface area contributed by atoms with Gasteiger partial charge in [-0.2, -0.15) is 0 Å². The molecule has 1 aliphatic heterocycles. The van der Waals surface area contributed by atoms with Crippen LogP contribution in [0.3, 0.4) is 0 Å². The molecule has 0 bridgehead atoms. The van der Waals surface area contributed by atoms with Crippen molar-refractivity contribution in [2.75, 3.05) is 33.9 Å². The Balaban J connectivity index is 1.83. The molecule has 4 nitrogen and oxygen atoms in total. The topological polar surface area (TPSA) is 41.9 Å². The van der Waals surface area contributed by atoms with E-state index >= 15 is 0 Å². The molecule has 0 aromatic heterocycles. The second kappa shape index (κ2) is 6.07. The van der Waals surface area contributed by atoms with Gasteiger partial charge >= 0.3 is 0 Å². The highest BCUT2D eigenvalue weighted by molar-refractivity contribution is 5.32. The van der Waals surface area contributed by atoms with Crippen LogP contribution in [0.25, 0.3) is 0 Å². The maximum atomic E-state index is 10.1. The van der Waals surface area contributed by atoms with E-state index in [-0.39, 0.29) is 0 Å². The zero-order valence-corrected chi connectivity index (χ0v) is 11.0. The number of methoxy groups -OCH3 is 1. The minimum absolute atomic E-state index is 0.320. The summed E-state index contributed by atoms with van der Waals surface area (Å²) in [4.78, 5) is 2.24. The van der Waals surface area contributed by atoms with Crippen LogP contribution < -0.4 is 9.47 Å². The first-order chi connectivity index (χ1) is 8.69. The van der Waals surface area contributed by atoms with E-state index in [2.05, 4.69) is 11.9 Å². The number of nitrogens with zero attached hydrogens (tertiary/aromatic N) is 1. The molecule has 0 aliphatic carbocycles. The van der Waals surface area contributed by atoms with E-state index in [1.54, 1.807) is 7.11 Å². The van der Waals surface area contributed by atoms with E-state index < -0.39 is 6.10 Å². The number of hydrogen-bond donors (Lipinski definition) is 1. The lowest BCUT2D eigenvalue weighted by atomic mass is 10.0. The monoisotopic (exact) mass is 251 g/mol. The summed E-state index contributed by atoms with van der Waals surface area (Å²) in [7, 11) is 3.71. The van der Waals surface area contributed by atoms with Gasteiger partial charge in [0.1, 0.15) is 18.1 Å². The maximum absolute atomic E-state index is 10.1. The average Bonchev–Trinajstić information content (AvgIpc) is 2.83. The first-order valence-electron chi connectivity index (χ1n) is 6.32. The lowest BCUT2D eigenvalue weighted by Gasteiger charge is -2.18. The molecule has 0 saturated carbocycles. The van der Waals surface area contributed by atoms with Crippen molar-refractivity contribution in [2.24, 2.45) is 5.92 Å². The summed E-state index contributed by atoms with van der Waals surface area (Å²) >= 11 is 0. The second-order valence-corrected chi connectivity index (χ2v) is 4.87. The van der Waals surface area contributed by atoms with Crippen molar-refractivity contribution in [1.29, 1.82) is 0 Å². The van der Waals surface area contributed by atoms with Gasteiger partial charge < -0.3 is 19.5 Å². The minimum atomic E-state index is -0.402. The highest BCUT2D eigenvalue weighted by Gasteiger charge is 2.26. The fraction of sp³-hybridized carbons (Fsp3) is 0.571. The number of ether oxygens (including phenoxy) is 2. The quantitative estimate of drug-likeness (QED) is 0.858. The molecule has 2 rings (SSSR count). The van der Waals surface area contributed by atoms with E-state index in [0.29, 0.717) is 12.5 Å². The van der Waals surface area contributed by atoms with Crippen LogP contribution in [0.4, 0.5) is 0 Å². The Morgan fingerprint density at radius 2 is 2.22 bits per heavy atom. The Bertz CT molecular complexity index is 383. The summed E-state index contributed by atoms with van der Waals surface area (Å²) in [6.07, 6.45) is 0.639. The Morgan fingerprint density at radius 3 is 2.89 bits per heavy atom. The molecule has 4 heteroatoms. The predicted octanol–water partition coefficient (Wildman–Crippen LogP) is 1.39. The molecule has 1 N–H and O–H groups in total. The summed E-state index contributed by atoms with van der Waals surface area (Å²) in [5.41, 5.74) is 0. The summed E-state index contributed by atoms with van der Waals surface area (Å²) in [6, 6.07) is 7.45. The number of rotatable bonds is 5. The van der Waals surface area contributed by atoms with E-state index in [1.165, 1.54) is 0 Å². The van der Waals surface area contributed by atoms with Crippen LogP contribution in [0.5, 0.6) is 11.5 Å². The number of likely N-dealkylation sites (tertiary alicyclic amines) is 1. The number of benzene rings is 1. The van der Waals surface area contributed by atoms with E-state index in [4.69, 9.17) is 9.47 Å². The Hall–Kier alpha value is -1.26. The molecule has 18 heavy (non-hydrogen) atoms. The highest BCUT2D eigenvalue weighted by Crippen LogP contribution is 2.22. The normalized spacial score (nSPS) is 21.8. The summed E-state index contributed by atoms with van der Waals surface area (Å²) < 4.78 is 10.7. The van der Waals surface area contributed by atoms with E-state index in [1.807, 2.05) is 24.3 Å². The zero-order valence-electron chi connectivity index (χ0n) is 11.0. The van der Waals surface area contributed by atoms with Crippen molar-refractivity contribution < 1.29 is 14.6 Å². The number of hydrogen-bond acceptors (Lipinski definition) is 4. The van der Waals surface area contributed by atoms with Gasteiger partial charge in [0.15, 0.2) is 0 Å². The molecule has 1 fully saturated rings. The van der Waals surface area contributed by atoms with Crippen molar-refractivity contribution in [3.8, 4) is 11.5 Å². The molecule has 0 spiro atoms. The molecular weight excluding hydrogens is 230 g/mol. The molecule has 1 aromatic rings. The fourth-order valence-corrected chi connectivity index (χ4v) is 2.29. The van der Waals surface area contributed by atoms with E-state index in [9.17, 15) is 5.11 Å². The first kappa shape index (κ1) is 13.2. The zero-order chi connectivity index (χ0) is 13.0. The van der Waals surface area contributed by atoms with Gasteiger partial charge in [0, 0.05) is 18.5 Å². The average molecular weight is 251 g/mol. The highest BCUT2D eigenvalue weighted by atomic mass is 16.5. The second-order valence-electron chi connectivity index (χ2n) is 4.87. The molecule has 2 atom stereocenters. The van der Waals surface area contributed by atoms with E-state index in [0.717, 1.165) is 31.0 Å². The van der Waals surface area contributed by atoms with Crippen molar-refractivity contribution in [1.82, 2.24) is 4.90 Å². The van der Waals surface area contributed by atoms with Gasteiger partial charge in [-0.3, -0.25) is 0 Å². The van der Waals surface area contributed by atoms with Crippen LogP contribution in [0.15, 0.2) is 24.3 Å². The Kier molecular flexibility index (Phi) is 4.44. The predicted molar refractivity (Wildman–Crippen MR) is 70.1 cm³/mol. The summed E-state index contributed by atoms with van der Waals surface area (Å²) in [5, 5.41) is 10.1. The van der Waals surface area contributed by atoms with Gasteiger partial charge in [-0.25, -0.2) is 0 Å². The molecule has 1 saturated heterocycles. The van der Waals surface area contributed by atoms with Gasteiger partial charge in [-0.05, 0) is 32.1 Å². The number of aliphatic hydroxyl groups is 1. The third-order valence-electron chi connectivity index (χ3n) is 3.43. The lowest BCUT2D eigenvalue weighted by molar-refractivity contribution is 0.0606. The Morgan fingerprint density at radius 1 is 1.44 bits per heavy atom. The standard InChI is InChI=1S/C14H21NO3/c1-15-7-6-11(9-15)14(16)10-18-13-5-3-4-12(8-13)17-2/h3-5,8,11,14,16H,6-7,9-10H2,1-2H3. The molecule has 2 unspecified atom stereocenters. The summed E-state index contributed by atoms with van der Waals surface area (Å²) in [5.74, 6) is 1.82. The maximum Gasteiger partial charge on any atom is 0.123 e. The molecule has 100 valence electrons.